The minimum atomic E-state index is -4.72. The predicted molar refractivity (Wildman–Crippen MR) is 133 cm³/mol. The van der Waals surface area contributed by atoms with Crippen LogP contribution in [0.3, 0.4) is 0 Å². The molecular weight excluding hydrogens is 543 g/mol. The molecule has 0 saturated carbocycles. The highest BCUT2D eigenvalue weighted by Gasteiger charge is 2.32. The molecular formula is C25H26F3N3O7S. The molecule has 0 spiro atoms. The molecule has 2 aromatic carbocycles. The largest absolute Gasteiger partial charge is 0.494 e. The molecule has 0 aliphatic heterocycles. The van der Waals surface area contributed by atoms with Gasteiger partial charge < -0.3 is 19.9 Å². The van der Waals surface area contributed by atoms with Crippen molar-refractivity contribution >= 4 is 15.7 Å². The predicted octanol–water partition coefficient (Wildman–Crippen LogP) is 3.42. The third-order valence-corrected chi connectivity index (χ3v) is 7.41. The summed E-state index contributed by atoms with van der Waals surface area (Å²) in [6.45, 7) is 0.333. The van der Waals surface area contributed by atoms with Gasteiger partial charge in [0.25, 0.3) is 11.5 Å². The van der Waals surface area contributed by atoms with Gasteiger partial charge in [0.05, 0.1) is 19.1 Å². The van der Waals surface area contributed by atoms with E-state index in [2.05, 4.69) is 4.98 Å². The lowest BCUT2D eigenvalue weighted by Crippen LogP contribution is -2.33. The number of rotatable bonds is 10. The first-order valence-electron chi connectivity index (χ1n) is 11.6. The zero-order valence-electron chi connectivity index (χ0n) is 21.2. The van der Waals surface area contributed by atoms with Gasteiger partial charge in [-0.3, -0.25) is 14.2 Å². The molecule has 3 rings (SSSR count). The molecule has 0 unspecified atom stereocenters. The van der Waals surface area contributed by atoms with Crippen LogP contribution >= 0.6 is 0 Å². The average molecular weight is 570 g/mol. The number of alkyl halides is 3. The smallest absolute Gasteiger partial charge is 0.405 e. The Morgan fingerprint density at radius 3 is 2.18 bits per heavy atom. The van der Waals surface area contributed by atoms with E-state index in [4.69, 9.17) is 9.47 Å². The summed E-state index contributed by atoms with van der Waals surface area (Å²) < 4.78 is 76.1. The number of ether oxygens (including phenoxy) is 2. The van der Waals surface area contributed by atoms with Crippen LogP contribution in [0.1, 0.15) is 35.9 Å². The number of hydrogen-bond donors (Lipinski definition) is 2. The molecule has 3 aromatic rings. The van der Waals surface area contributed by atoms with Gasteiger partial charge in [-0.2, -0.15) is 18.2 Å². The SMILES string of the molecule is CCCCc1nc(=O)c(S(=O)(=O)c2ccc(C(=O)NCC(F)(F)F)cc2)c(O)n1-c1c(OC)cccc1OC. The van der Waals surface area contributed by atoms with Crippen LogP contribution in [0, 0.1) is 0 Å². The molecule has 1 aromatic heterocycles. The van der Waals surface area contributed by atoms with Gasteiger partial charge in [-0.05, 0) is 42.8 Å². The molecule has 0 saturated heterocycles. The number of aromatic hydroxyl groups is 1. The molecule has 1 heterocycles. The maximum absolute atomic E-state index is 13.5. The second-order valence-electron chi connectivity index (χ2n) is 8.26. The Bertz CT molecular complexity index is 1500. The molecule has 14 heteroatoms. The molecule has 0 aliphatic carbocycles. The van der Waals surface area contributed by atoms with Gasteiger partial charge >= 0.3 is 6.18 Å². The summed E-state index contributed by atoms with van der Waals surface area (Å²) in [6.07, 6.45) is -3.14. The van der Waals surface area contributed by atoms with E-state index in [1.165, 1.54) is 14.2 Å². The quantitative estimate of drug-likeness (QED) is 0.379. The highest BCUT2D eigenvalue weighted by molar-refractivity contribution is 7.91. The first-order chi connectivity index (χ1) is 18.3. The number of halogens is 3. The lowest BCUT2D eigenvalue weighted by atomic mass is 10.2. The molecule has 0 atom stereocenters. The van der Waals surface area contributed by atoms with Gasteiger partial charge in [0, 0.05) is 12.0 Å². The number of carbonyl (C=O) groups excluding carboxylic acids is 1. The summed E-state index contributed by atoms with van der Waals surface area (Å²) in [5.74, 6) is -1.55. The van der Waals surface area contributed by atoms with Crippen LogP contribution < -0.4 is 20.3 Å². The Labute approximate surface area is 221 Å². The van der Waals surface area contributed by atoms with Crippen molar-refractivity contribution in [3.8, 4) is 23.1 Å². The van der Waals surface area contributed by atoms with Gasteiger partial charge in [-0.1, -0.05) is 19.4 Å². The highest BCUT2D eigenvalue weighted by atomic mass is 32.2. The number of sulfone groups is 1. The maximum Gasteiger partial charge on any atom is 0.405 e. The minimum Gasteiger partial charge on any atom is -0.494 e. The number of para-hydroxylation sites is 1. The Balaban J connectivity index is 2.18. The van der Waals surface area contributed by atoms with Crippen LogP contribution in [0.5, 0.6) is 17.4 Å². The molecule has 2 N–H and O–H groups in total. The number of benzene rings is 2. The fraction of sp³-hybridized carbons (Fsp3) is 0.320. The van der Waals surface area contributed by atoms with E-state index in [-0.39, 0.29) is 35.0 Å². The fourth-order valence-corrected chi connectivity index (χ4v) is 5.09. The van der Waals surface area contributed by atoms with E-state index in [9.17, 15) is 36.3 Å². The molecule has 0 aliphatic rings. The summed E-state index contributed by atoms with van der Waals surface area (Å²) in [5, 5.41) is 13.0. The number of unbranched alkanes of at least 4 members (excludes halogenated alkanes) is 1. The van der Waals surface area contributed by atoms with Crippen molar-refractivity contribution in [2.75, 3.05) is 20.8 Å². The molecule has 0 bridgehead atoms. The highest BCUT2D eigenvalue weighted by Crippen LogP contribution is 2.38. The lowest BCUT2D eigenvalue weighted by Gasteiger charge is -2.21. The van der Waals surface area contributed by atoms with E-state index >= 15 is 0 Å². The standard InChI is InChI=1S/C25H26F3N3O7S/c1-4-5-9-19-30-23(33)21(24(34)31(19)20-17(37-2)7-6-8-18(20)38-3)39(35,36)16-12-10-15(11-13-16)22(32)29-14-25(26,27)28/h6-8,10-13,34H,4-5,9,14H2,1-3H3,(H,29,32). The van der Waals surface area contributed by atoms with Crippen molar-refractivity contribution in [3.05, 3.63) is 64.2 Å². The van der Waals surface area contributed by atoms with Crippen molar-refractivity contribution in [2.24, 2.45) is 0 Å². The summed E-state index contributed by atoms with van der Waals surface area (Å²) in [7, 11) is -2.00. The van der Waals surface area contributed by atoms with E-state index in [1.54, 1.807) is 23.5 Å². The number of aromatic nitrogens is 2. The third kappa shape index (κ3) is 6.33. The van der Waals surface area contributed by atoms with Gasteiger partial charge in [0.1, 0.15) is 29.6 Å². The number of aryl methyl sites for hydroxylation is 1. The van der Waals surface area contributed by atoms with Gasteiger partial charge in [0.15, 0.2) is 4.90 Å². The van der Waals surface area contributed by atoms with Crippen molar-refractivity contribution in [3.63, 3.8) is 0 Å². The summed E-state index contributed by atoms with van der Waals surface area (Å²) >= 11 is 0. The lowest BCUT2D eigenvalue weighted by molar-refractivity contribution is -0.123. The molecule has 210 valence electrons. The number of hydrogen-bond acceptors (Lipinski definition) is 8. The van der Waals surface area contributed by atoms with Crippen molar-refractivity contribution in [1.29, 1.82) is 0 Å². The second-order valence-corrected chi connectivity index (χ2v) is 10.1. The van der Waals surface area contributed by atoms with Crippen LogP contribution in [0.25, 0.3) is 5.69 Å². The first-order valence-corrected chi connectivity index (χ1v) is 13.1. The van der Waals surface area contributed by atoms with Crippen molar-refractivity contribution in [1.82, 2.24) is 14.9 Å². The molecule has 39 heavy (non-hydrogen) atoms. The summed E-state index contributed by atoms with van der Waals surface area (Å²) in [5.41, 5.74) is -1.34. The zero-order chi connectivity index (χ0) is 29.0. The monoisotopic (exact) mass is 569 g/mol. The molecule has 1 amide bonds. The van der Waals surface area contributed by atoms with Crippen LogP contribution in [0.2, 0.25) is 0 Å². The number of methoxy groups -OCH3 is 2. The second kappa shape index (κ2) is 11.8. The van der Waals surface area contributed by atoms with E-state index < -0.39 is 49.7 Å². The van der Waals surface area contributed by atoms with Gasteiger partial charge in [-0.25, -0.2) is 8.42 Å². The minimum absolute atomic E-state index is 0.0674. The van der Waals surface area contributed by atoms with Crippen molar-refractivity contribution < 1.29 is 41.0 Å². The first kappa shape index (κ1) is 29.5. The van der Waals surface area contributed by atoms with Crippen LogP contribution in [0.15, 0.2) is 57.1 Å². The number of nitrogens with zero attached hydrogens (tertiary/aromatic N) is 2. The van der Waals surface area contributed by atoms with E-state index in [0.29, 0.717) is 12.8 Å². The van der Waals surface area contributed by atoms with Gasteiger partial charge in [0.2, 0.25) is 15.7 Å². The Hall–Kier alpha value is -4.07. The Morgan fingerprint density at radius 1 is 1.08 bits per heavy atom. The van der Waals surface area contributed by atoms with Crippen molar-refractivity contribution in [2.45, 2.75) is 42.2 Å². The van der Waals surface area contributed by atoms with E-state index in [1.807, 2.05) is 6.92 Å². The number of nitrogens with one attached hydrogen (secondary N) is 1. The van der Waals surface area contributed by atoms with Gasteiger partial charge in [-0.15, -0.1) is 0 Å². The molecule has 0 fully saturated rings. The van der Waals surface area contributed by atoms with Crippen LogP contribution in [-0.2, 0) is 16.3 Å². The third-order valence-electron chi connectivity index (χ3n) is 5.62. The fourth-order valence-electron chi connectivity index (χ4n) is 3.75. The topological polar surface area (TPSA) is 137 Å². The average Bonchev–Trinajstić information content (AvgIpc) is 2.89. The number of amides is 1. The Kier molecular flexibility index (Phi) is 8.89. The Morgan fingerprint density at radius 2 is 1.67 bits per heavy atom. The molecule has 0 radical (unpaired) electrons. The summed E-state index contributed by atoms with van der Waals surface area (Å²) in [4.78, 5) is 27.4. The summed E-state index contributed by atoms with van der Waals surface area (Å²) in [6, 6.07) is 8.57. The van der Waals surface area contributed by atoms with Crippen LogP contribution in [-0.4, -0.2) is 55.9 Å². The maximum atomic E-state index is 13.5. The van der Waals surface area contributed by atoms with E-state index in [0.717, 1.165) is 28.8 Å². The zero-order valence-corrected chi connectivity index (χ0v) is 22.0. The van der Waals surface area contributed by atoms with Crippen LogP contribution in [0.4, 0.5) is 13.2 Å². The normalized spacial score (nSPS) is 11.7. The molecule has 10 nitrogen and oxygen atoms in total. The number of carbonyl (C=O) groups is 1.